The lowest BCUT2D eigenvalue weighted by atomic mass is 9.92. The third-order valence-electron chi connectivity index (χ3n) is 6.22. The van der Waals surface area contributed by atoms with Crippen LogP contribution in [0.5, 0.6) is 11.5 Å². The summed E-state index contributed by atoms with van der Waals surface area (Å²) in [6.07, 6.45) is 3.85. The molecule has 8 nitrogen and oxygen atoms in total. The second-order valence-corrected chi connectivity index (χ2v) is 10.3. The highest BCUT2D eigenvalue weighted by atomic mass is 32.2. The Bertz CT molecular complexity index is 1500. The summed E-state index contributed by atoms with van der Waals surface area (Å²) in [7, 11) is -0.839. The average molecular weight is 492 g/mol. The van der Waals surface area contributed by atoms with Crippen LogP contribution >= 0.6 is 0 Å². The molecule has 0 amide bonds. The van der Waals surface area contributed by atoms with Gasteiger partial charge < -0.3 is 14.8 Å². The fourth-order valence-electron chi connectivity index (χ4n) is 4.38. The zero-order valence-electron chi connectivity index (χ0n) is 19.7. The second-order valence-electron chi connectivity index (χ2n) is 8.44. The molecule has 2 aliphatic rings. The normalized spacial score (nSPS) is 14.7. The van der Waals surface area contributed by atoms with Crippen molar-refractivity contribution in [1.29, 1.82) is 0 Å². The number of aliphatic imine (C=N–C) groups is 1. The molecule has 1 N–H and O–H groups in total. The number of aromatic nitrogens is 1. The van der Waals surface area contributed by atoms with E-state index in [1.54, 1.807) is 56.8 Å². The molecule has 0 radical (unpaired) electrons. The Kier molecular flexibility index (Phi) is 5.72. The Hall–Kier alpha value is -3.85. The fraction of sp³-hybridized carbons (Fsp3) is 0.231. The summed E-state index contributed by atoms with van der Waals surface area (Å²) in [5.74, 6) is 0.803. The van der Waals surface area contributed by atoms with Crippen molar-refractivity contribution in [3.05, 3.63) is 88.4 Å². The van der Waals surface area contributed by atoms with Gasteiger partial charge >= 0.3 is 0 Å². The number of nitrogens with zero attached hydrogens (tertiary/aromatic N) is 2. The molecule has 1 aliphatic heterocycles. The maximum atomic E-state index is 13.6. The van der Waals surface area contributed by atoms with E-state index in [1.807, 2.05) is 19.1 Å². The molecule has 0 unspecified atom stereocenters. The summed E-state index contributed by atoms with van der Waals surface area (Å²) in [4.78, 5) is 18.3. The highest BCUT2D eigenvalue weighted by Crippen LogP contribution is 2.32. The van der Waals surface area contributed by atoms with Gasteiger partial charge in [0.05, 0.1) is 30.5 Å². The smallest absolute Gasteiger partial charge is 0.268 e. The summed E-state index contributed by atoms with van der Waals surface area (Å²) >= 11 is 0. The molecule has 0 fully saturated rings. The van der Waals surface area contributed by atoms with Crippen LogP contribution in [-0.2, 0) is 23.0 Å². The summed E-state index contributed by atoms with van der Waals surface area (Å²) < 4.78 is 38.8. The number of allylic oxidation sites excluding steroid dienone is 2. The van der Waals surface area contributed by atoms with Gasteiger partial charge in [-0.25, -0.2) is 12.4 Å². The van der Waals surface area contributed by atoms with Gasteiger partial charge in [0.1, 0.15) is 5.69 Å². The van der Waals surface area contributed by atoms with Crippen LogP contribution in [0.15, 0.2) is 70.3 Å². The van der Waals surface area contributed by atoms with Gasteiger partial charge in [-0.2, -0.15) is 0 Å². The Morgan fingerprint density at radius 1 is 1.06 bits per heavy atom. The van der Waals surface area contributed by atoms with Crippen LogP contribution in [-0.4, -0.2) is 44.6 Å². The second kappa shape index (κ2) is 8.74. The van der Waals surface area contributed by atoms with Crippen molar-refractivity contribution >= 4 is 21.5 Å². The molecule has 2 heterocycles. The van der Waals surface area contributed by atoms with Gasteiger partial charge in [0.25, 0.3) is 10.0 Å². The Morgan fingerprint density at radius 2 is 1.80 bits per heavy atom. The van der Waals surface area contributed by atoms with Crippen LogP contribution in [0.3, 0.4) is 0 Å². The Labute approximate surface area is 204 Å². The lowest BCUT2D eigenvalue weighted by molar-refractivity contribution is 0.102. The zero-order chi connectivity index (χ0) is 24.7. The van der Waals surface area contributed by atoms with E-state index in [9.17, 15) is 13.2 Å². The summed E-state index contributed by atoms with van der Waals surface area (Å²) in [6.45, 7) is 2.75. The van der Waals surface area contributed by atoms with E-state index >= 15 is 0 Å². The fourth-order valence-corrected chi connectivity index (χ4v) is 5.77. The maximum Gasteiger partial charge on any atom is 0.268 e. The van der Waals surface area contributed by atoms with Gasteiger partial charge in [-0.05, 0) is 54.8 Å². The minimum Gasteiger partial charge on any atom is -0.493 e. The number of Topliss-reactive ketones (excluding diaryl/α,β-unsaturated/α-hetero) is 1. The van der Waals surface area contributed by atoms with Crippen LogP contribution in [0.1, 0.15) is 32.7 Å². The number of benzene rings is 2. The number of aryl methyl sites for hydroxylation is 1. The number of carbonyl (C=O) groups excluding carboxylic acids is 1. The van der Waals surface area contributed by atoms with Gasteiger partial charge in [0.15, 0.2) is 11.5 Å². The van der Waals surface area contributed by atoms with Crippen molar-refractivity contribution in [2.45, 2.75) is 24.8 Å². The first-order valence-electron chi connectivity index (χ1n) is 11.2. The van der Waals surface area contributed by atoms with Crippen LogP contribution < -0.4 is 14.8 Å². The number of hydrogen-bond acceptors (Lipinski definition) is 7. The molecule has 3 aromatic rings. The SMILES string of the molecule is COc1ccc(CNC2=CC3=NCCc4cn(S(=O)(=O)c5ccc(C)cc5)c(c43)C2=O)cc1OC. The third kappa shape index (κ3) is 3.91. The van der Waals surface area contributed by atoms with Crippen molar-refractivity contribution in [2.24, 2.45) is 4.99 Å². The summed E-state index contributed by atoms with van der Waals surface area (Å²) in [5.41, 5.74) is 4.27. The molecule has 0 atom stereocenters. The minimum atomic E-state index is -3.97. The Balaban J connectivity index is 1.51. The van der Waals surface area contributed by atoms with E-state index in [0.717, 1.165) is 20.7 Å². The highest BCUT2D eigenvalue weighted by molar-refractivity contribution is 7.90. The molecule has 5 rings (SSSR count). The number of rotatable bonds is 7. The maximum absolute atomic E-state index is 13.6. The molecular weight excluding hydrogens is 466 g/mol. The first kappa shape index (κ1) is 22.9. The van der Waals surface area contributed by atoms with Crippen molar-refractivity contribution < 1.29 is 22.7 Å². The van der Waals surface area contributed by atoms with Gasteiger partial charge in [0.2, 0.25) is 5.78 Å². The van der Waals surface area contributed by atoms with Crippen LogP contribution in [0.2, 0.25) is 0 Å². The molecule has 0 bridgehead atoms. The van der Waals surface area contributed by atoms with E-state index in [1.165, 1.54) is 0 Å². The lowest BCUT2D eigenvalue weighted by Gasteiger charge is -2.21. The molecule has 9 heteroatoms. The first-order valence-corrected chi connectivity index (χ1v) is 12.6. The van der Waals surface area contributed by atoms with Crippen molar-refractivity contribution in [2.75, 3.05) is 20.8 Å². The molecule has 1 aliphatic carbocycles. The van der Waals surface area contributed by atoms with E-state index in [0.29, 0.717) is 42.3 Å². The van der Waals surface area contributed by atoms with Crippen molar-refractivity contribution in [3.63, 3.8) is 0 Å². The monoisotopic (exact) mass is 491 g/mol. The van der Waals surface area contributed by atoms with Crippen LogP contribution in [0.25, 0.3) is 0 Å². The largest absolute Gasteiger partial charge is 0.493 e. The topological polar surface area (TPSA) is 99.0 Å². The zero-order valence-corrected chi connectivity index (χ0v) is 20.5. The molecule has 0 spiro atoms. The van der Waals surface area contributed by atoms with Gasteiger partial charge in [0, 0.05) is 24.8 Å². The Morgan fingerprint density at radius 3 is 2.51 bits per heavy atom. The number of ketones is 1. The van der Waals surface area contributed by atoms with Gasteiger partial charge in [-0.15, -0.1) is 0 Å². The van der Waals surface area contributed by atoms with E-state index in [2.05, 4.69) is 10.3 Å². The third-order valence-corrected chi connectivity index (χ3v) is 7.89. The highest BCUT2D eigenvalue weighted by Gasteiger charge is 2.36. The summed E-state index contributed by atoms with van der Waals surface area (Å²) in [5, 5.41) is 3.17. The number of nitrogens with one attached hydrogen (secondary N) is 1. The van der Waals surface area contributed by atoms with E-state index in [-0.39, 0.29) is 22.1 Å². The van der Waals surface area contributed by atoms with E-state index < -0.39 is 10.0 Å². The minimum absolute atomic E-state index is 0.122. The average Bonchev–Trinajstić information content (AvgIpc) is 3.27. The molecule has 35 heavy (non-hydrogen) atoms. The van der Waals surface area contributed by atoms with Crippen LogP contribution in [0, 0.1) is 6.92 Å². The molecule has 0 saturated heterocycles. The number of carbonyl (C=O) groups is 1. The molecular formula is C26H25N3O5S. The quantitative estimate of drug-likeness (QED) is 0.545. The summed E-state index contributed by atoms with van der Waals surface area (Å²) in [6, 6.07) is 12.1. The van der Waals surface area contributed by atoms with Gasteiger partial charge in [-0.3, -0.25) is 9.79 Å². The van der Waals surface area contributed by atoms with Gasteiger partial charge in [-0.1, -0.05) is 23.8 Å². The number of methoxy groups -OCH3 is 2. The molecule has 180 valence electrons. The van der Waals surface area contributed by atoms with Crippen LogP contribution in [0.4, 0.5) is 0 Å². The predicted molar refractivity (Wildman–Crippen MR) is 132 cm³/mol. The number of ether oxygens (including phenoxy) is 2. The first-order chi connectivity index (χ1) is 16.8. The molecule has 0 saturated carbocycles. The molecule has 2 aromatic carbocycles. The standard InChI is InChI=1S/C26H25N3O5S/c1-16-4-7-19(8-5-16)35(31,32)29-15-18-10-11-27-20-13-21(26(30)25(29)24(18)20)28-14-17-6-9-22(33-2)23(12-17)34-3/h4-9,12-13,15,28H,10-11,14H2,1-3H3. The number of hydrogen-bond donors (Lipinski definition) is 1. The lowest BCUT2D eigenvalue weighted by Crippen LogP contribution is -2.30. The van der Waals surface area contributed by atoms with Crippen molar-refractivity contribution in [3.8, 4) is 11.5 Å². The predicted octanol–water partition coefficient (Wildman–Crippen LogP) is 3.27. The van der Waals surface area contributed by atoms with Crippen molar-refractivity contribution in [1.82, 2.24) is 9.29 Å². The molecule has 1 aromatic heterocycles. The van der Waals surface area contributed by atoms with E-state index in [4.69, 9.17) is 9.47 Å².